The van der Waals surface area contributed by atoms with Crippen molar-refractivity contribution in [2.75, 3.05) is 6.54 Å². The van der Waals surface area contributed by atoms with Gasteiger partial charge in [-0.2, -0.15) is 0 Å². The number of hydrogen-bond donors (Lipinski definition) is 3. The average molecular weight is 191 g/mol. The van der Waals surface area contributed by atoms with Gasteiger partial charge in [0.05, 0.1) is 5.71 Å². The molecule has 0 saturated heterocycles. The summed E-state index contributed by atoms with van der Waals surface area (Å²) in [6.45, 7) is 0.412. The smallest absolute Gasteiger partial charge is 0.265 e. The highest BCUT2D eigenvalue weighted by Gasteiger charge is 2.03. The quantitative estimate of drug-likeness (QED) is 0.242. The van der Waals surface area contributed by atoms with Crippen molar-refractivity contribution in [3.05, 3.63) is 0 Å². The van der Waals surface area contributed by atoms with Gasteiger partial charge in [-0.25, -0.2) is 0 Å². The van der Waals surface area contributed by atoms with Crippen molar-refractivity contribution in [2.45, 2.75) is 12.8 Å². The normalized spacial score (nSPS) is 9.08. The van der Waals surface area contributed by atoms with E-state index in [-0.39, 0.29) is 11.7 Å². The van der Waals surface area contributed by atoms with Crippen molar-refractivity contribution >= 4 is 28.5 Å². The first kappa shape index (κ1) is 10.9. The van der Waals surface area contributed by atoms with Crippen molar-refractivity contribution in [3.63, 3.8) is 0 Å². The Hall–Kier alpha value is -1.10. The second kappa shape index (κ2) is 5.54. The Bertz CT molecular complexity index is 210. The lowest BCUT2D eigenvalue weighted by Gasteiger charge is -1.95. The molecule has 0 bridgehead atoms. The van der Waals surface area contributed by atoms with Gasteiger partial charge in [-0.1, -0.05) is 0 Å². The number of hydrogen-bond acceptors (Lipinski definition) is 3. The third-order valence-electron chi connectivity index (χ3n) is 1.12. The fourth-order valence-corrected chi connectivity index (χ4v) is 0.657. The molecular formula is C6H11ClN4O. The first-order chi connectivity index (χ1) is 5.54. The molecule has 0 atom stereocenters. The summed E-state index contributed by atoms with van der Waals surface area (Å²) < 4.78 is 0. The highest BCUT2D eigenvalue weighted by molar-refractivity contribution is 6.81. The number of aliphatic imine (C=N–C) groups is 1. The van der Waals surface area contributed by atoms with E-state index in [9.17, 15) is 4.79 Å². The largest absolute Gasteiger partial charge is 0.370 e. The van der Waals surface area contributed by atoms with E-state index in [0.717, 1.165) is 0 Å². The minimum absolute atomic E-state index is 0.0127. The number of nitrogens with zero attached hydrogens (tertiary/aromatic N) is 1. The molecule has 68 valence electrons. The first-order valence-corrected chi connectivity index (χ1v) is 3.74. The highest BCUT2D eigenvalue weighted by atomic mass is 35.5. The monoisotopic (exact) mass is 190 g/mol. The van der Waals surface area contributed by atoms with E-state index in [4.69, 9.17) is 28.5 Å². The Labute approximate surface area is 75.3 Å². The Morgan fingerprint density at radius 1 is 1.50 bits per heavy atom. The summed E-state index contributed by atoms with van der Waals surface area (Å²) in [5.41, 5.74) is 9.99. The van der Waals surface area contributed by atoms with E-state index < -0.39 is 5.24 Å². The molecule has 6 heteroatoms. The van der Waals surface area contributed by atoms with Crippen LogP contribution in [0.25, 0.3) is 0 Å². The standard InChI is InChI=1S/C6H11ClN4O/c7-5(12)4(8)2-1-3-11-6(9)10/h8H,1-3H2,(H4,9,10,11). The van der Waals surface area contributed by atoms with Gasteiger partial charge >= 0.3 is 0 Å². The topological polar surface area (TPSA) is 105 Å². The van der Waals surface area contributed by atoms with Gasteiger partial charge in [0.2, 0.25) is 0 Å². The molecule has 0 saturated carbocycles. The lowest BCUT2D eigenvalue weighted by molar-refractivity contribution is -0.106. The van der Waals surface area contributed by atoms with E-state index in [0.29, 0.717) is 19.4 Å². The Morgan fingerprint density at radius 3 is 2.50 bits per heavy atom. The summed E-state index contributed by atoms with van der Waals surface area (Å²) in [4.78, 5) is 14.0. The van der Waals surface area contributed by atoms with E-state index in [1.807, 2.05) is 0 Å². The van der Waals surface area contributed by atoms with Crippen molar-refractivity contribution in [2.24, 2.45) is 16.5 Å². The first-order valence-electron chi connectivity index (χ1n) is 3.36. The van der Waals surface area contributed by atoms with Crippen LogP contribution in [0.15, 0.2) is 4.99 Å². The molecule has 0 heterocycles. The zero-order valence-corrected chi connectivity index (χ0v) is 7.27. The molecule has 0 radical (unpaired) electrons. The number of carbonyl (C=O) groups is 1. The van der Waals surface area contributed by atoms with Gasteiger partial charge in [0, 0.05) is 6.54 Å². The lowest BCUT2D eigenvalue weighted by atomic mass is 10.2. The number of nitrogens with one attached hydrogen (secondary N) is 1. The van der Waals surface area contributed by atoms with E-state index in [1.54, 1.807) is 0 Å². The highest BCUT2D eigenvalue weighted by Crippen LogP contribution is 1.95. The number of carbonyl (C=O) groups excluding carboxylic acids is 1. The van der Waals surface area contributed by atoms with Crippen molar-refractivity contribution in [1.82, 2.24) is 0 Å². The molecule has 0 aliphatic heterocycles. The Morgan fingerprint density at radius 2 is 2.08 bits per heavy atom. The molecule has 0 fully saturated rings. The van der Waals surface area contributed by atoms with E-state index >= 15 is 0 Å². The summed E-state index contributed by atoms with van der Waals surface area (Å²) in [6.07, 6.45) is 0.855. The number of rotatable bonds is 5. The summed E-state index contributed by atoms with van der Waals surface area (Å²) in [5.74, 6) is 0.0127. The van der Waals surface area contributed by atoms with Crippen molar-refractivity contribution in [1.29, 1.82) is 5.41 Å². The van der Waals surface area contributed by atoms with Crippen LogP contribution in [0.4, 0.5) is 0 Å². The number of nitrogens with two attached hydrogens (primary N) is 2. The third-order valence-corrected chi connectivity index (χ3v) is 1.34. The predicted octanol–water partition coefficient (Wildman–Crippen LogP) is -0.175. The Balaban J connectivity index is 3.51. The van der Waals surface area contributed by atoms with Crippen molar-refractivity contribution < 1.29 is 4.79 Å². The molecule has 0 aromatic heterocycles. The number of guanidine groups is 1. The fourth-order valence-electron chi connectivity index (χ4n) is 0.562. The molecule has 0 rings (SSSR count). The second-order valence-corrected chi connectivity index (χ2v) is 2.51. The zero-order chi connectivity index (χ0) is 9.56. The molecule has 5 N–H and O–H groups in total. The maximum atomic E-state index is 10.3. The lowest BCUT2D eigenvalue weighted by Crippen LogP contribution is -2.23. The van der Waals surface area contributed by atoms with Crippen LogP contribution < -0.4 is 11.5 Å². The summed E-state index contributed by atoms with van der Waals surface area (Å²) in [7, 11) is 0. The van der Waals surface area contributed by atoms with Gasteiger partial charge in [-0.3, -0.25) is 9.79 Å². The van der Waals surface area contributed by atoms with Gasteiger partial charge in [-0.05, 0) is 24.4 Å². The average Bonchev–Trinajstić information content (AvgIpc) is 1.97. The van der Waals surface area contributed by atoms with Gasteiger partial charge in [-0.15, -0.1) is 0 Å². The van der Waals surface area contributed by atoms with Crippen molar-refractivity contribution in [3.8, 4) is 0 Å². The third kappa shape index (κ3) is 5.67. The molecule has 12 heavy (non-hydrogen) atoms. The Kier molecular flexibility index (Phi) is 5.03. The second-order valence-electron chi connectivity index (χ2n) is 2.16. The van der Waals surface area contributed by atoms with Crippen LogP contribution in [0.3, 0.4) is 0 Å². The molecule has 0 amide bonds. The predicted molar refractivity (Wildman–Crippen MR) is 48.5 cm³/mol. The summed E-state index contributed by atoms with van der Waals surface area (Å²) >= 11 is 5.02. The van der Waals surface area contributed by atoms with Crippen LogP contribution >= 0.6 is 11.6 Å². The van der Waals surface area contributed by atoms with Crippen LogP contribution in [0, 0.1) is 5.41 Å². The maximum absolute atomic E-state index is 10.3. The van der Waals surface area contributed by atoms with Crippen LogP contribution in [-0.4, -0.2) is 23.5 Å². The fraction of sp³-hybridized carbons (Fsp3) is 0.500. The molecule has 0 unspecified atom stereocenters. The van der Waals surface area contributed by atoms with Crippen LogP contribution in [-0.2, 0) is 4.79 Å². The van der Waals surface area contributed by atoms with Crippen LogP contribution in [0.1, 0.15) is 12.8 Å². The molecular weight excluding hydrogens is 180 g/mol. The van der Waals surface area contributed by atoms with E-state index in [2.05, 4.69) is 4.99 Å². The van der Waals surface area contributed by atoms with Gasteiger partial charge in [0.15, 0.2) is 5.96 Å². The minimum atomic E-state index is -0.722. The summed E-state index contributed by atoms with van der Waals surface area (Å²) in [6, 6.07) is 0. The van der Waals surface area contributed by atoms with Gasteiger partial charge in [0.1, 0.15) is 0 Å². The molecule has 0 aromatic rings. The molecule has 0 aliphatic carbocycles. The zero-order valence-electron chi connectivity index (χ0n) is 6.51. The maximum Gasteiger partial charge on any atom is 0.265 e. The summed E-state index contributed by atoms with van der Waals surface area (Å²) in [5, 5.41) is 6.31. The van der Waals surface area contributed by atoms with Crippen LogP contribution in [0.2, 0.25) is 0 Å². The molecule has 5 nitrogen and oxygen atoms in total. The molecule has 0 aromatic carbocycles. The van der Waals surface area contributed by atoms with E-state index in [1.165, 1.54) is 0 Å². The molecule has 0 aliphatic rings. The van der Waals surface area contributed by atoms with Gasteiger partial charge < -0.3 is 16.9 Å². The van der Waals surface area contributed by atoms with Gasteiger partial charge in [0.25, 0.3) is 5.24 Å². The minimum Gasteiger partial charge on any atom is -0.370 e. The van der Waals surface area contributed by atoms with Crippen LogP contribution in [0.5, 0.6) is 0 Å². The molecule has 0 spiro atoms. The number of halogens is 1. The SMILES string of the molecule is N=C(CCCN=C(N)N)C(=O)Cl.